The van der Waals surface area contributed by atoms with Gasteiger partial charge < -0.3 is 36.0 Å². The summed E-state index contributed by atoms with van der Waals surface area (Å²) in [7, 11) is 1.92. The molecule has 3 aliphatic heterocycles. The van der Waals surface area contributed by atoms with Gasteiger partial charge in [0.25, 0.3) is 17.8 Å². The number of carbonyl (C=O) groups is 2. The smallest absolute Gasteiger partial charge is 0.274 e. The van der Waals surface area contributed by atoms with Crippen molar-refractivity contribution in [3.8, 4) is 5.95 Å². The summed E-state index contributed by atoms with van der Waals surface area (Å²) in [5.74, 6) is -0.0383. The third-order valence-electron chi connectivity index (χ3n) is 11.1. The summed E-state index contributed by atoms with van der Waals surface area (Å²) in [4.78, 5) is 61.9. The van der Waals surface area contributed by atoms with E-state index in [0.29, 0.717) is 55.7 Å². The number of piperazine rings is 2. The summed E-state index contributed by atoms with van der Waals surface area (Å²) < 4.78 is 3.48. The van der Waals surface area contributed by atoms with Gasteiger partial charge in [-0.2, -0.15) is 14.9 Å². The van der Waals surface area contributed by atoms with Gasteiger partial charge in [0.1, 0.15) is 11.4 Å². The number of hydrogen-bond donors (Lipinski definition) is 4. The zero-order valence-electron chi connectivity index (χ0n) is 32.7. The van der Waals surface area contributed by atoms with E-state index in [2.05, 4.69) is 66.1 Å². The first-order valence-electron chi connectivity index (χ1n) is 19.8. The van der Waals surface area contributed by atoms with E-state index in [1.807, 2.05) is 54.3 Å². The fourth-order valence-electron chi connectivity index (χ4n) is 7.99. The molecule has 302 valence electrons. The van der Waals surface area contributed by atoms with Crippen LogP contribution >= 0.6 is 0 Å². The number of fused-ring (bicyclic) bond motifs is 2. The summed E-state index contributed by atoms with van der Waals surface area (Å²) in [5, 5.41) is 22.9. The Balaban J connectivity index is 0.917. The van der Waals surface area contributed by atoms with E-state index < -0.39 is 5.91 Å². The summed E-state index contributed by atoms with van der Waals surface area (Å²) >= 11 is 0. The number of nitrogens with one attached hydrogen (secondary N) is 4. The molecule has 2 saturated heterocycles. The molecule has 3 aliphatic rings. The SMILES string of the molecule is Cn1ncc2c1CN(c1nc(C(=O)Nc3cnccc3N3CCNCC3)cc(C3CN(c4ccncc4NC(=O)c4ccnc(-n5ncc6ccccc65)n4)CCN3)n1)C2. The van der Waals surface area contributed by atoms with Gasteiger partial charge in [0, 0.05) is 88.9 Å². The zero-order valence-corrected chi connectivity index (χ0v) is 32.7. The summed E-state index contributed by atoms with van der Waals surface area (Å²) in [5.41, 5.74) is 6.92. The molecule has 4 N–H and O–H groups in total. The average molecular weight is 804 g/mol. The van der Waals surface area contributed by atoms with Gasteiger partial charge in [-0.1, -0.05) is 18.2 Å². The normalized spacial score (nSPS) is 16.6. The second-order valence-electron chi connectivity index (χ2n) is 14.8. The fourth-order valence-corrected chi connectivity index (χ4v) is 7.99. The van der Waals surface area contributed by atoms with Gasteiger partial charge in [0.2, 0.25) is 5.95 Å². The highest BCUT2D eigenvalue weighted by molar-refractivity contribution is 6.05. The molecule has 19 nitrogen and oxygen atoms in total. The molecule has 2 amide bonds. The molecule has 1 aromatic carbocycles. The molecule has 10 rings (SSSR count). The molecule has 7 aromatic rings. The maximum absolute atomic E-state index is 14.2. The molecule has 60 heavy (non-hydrogen) atoms. The van der Waals surface area contributed by atoms with Gasteiger partial charge in [-0.05, 0) is 30.3 Å². The predicted molar refractivity (Wildman–Crippen MR) is 224 cm³/mol. The standard InChI is InChI=1S/C41H41N17O2/c1-54-37-25-57(23-27(37)20-47-54)41-52-29(18-30(53-41)39(60)50-31-21-43-9-7-35(31)55-15-12-42-13-16-55)33-24-56(17-14-45-33)36-8-10-44-22-32(36)49-38(59)28-6-11-46-40(51-28)58-34-5-3-2-4-26(34)19-48-58/h2-11,18-22,33,42,45H,12-17,23-25H2,1H3,(H,49,59)(H,50,60). The van der Waals surface area contributed by atoms with Crippen LogP contribution in [0.4, 0.5) is 28.7 Å². The molecule has 2 fully saturated rings. The lowest BCUT2D eigenvalue weighted by Gasteiger charge is -2.36. The first kappa shape index (κ1) is 36.9. The fraction of sp³-hybridized carbons (Fsp3) is 0.268. The number of anilines is 5. The quantitative estimate of drug-likeness (QED) is 0.166. The summed E-state index contributed by atoms with van der Waals surface area (Å²) in [6.45, 7) is 6.20. The second kappa shape index (κ2) is 15.8. The van der Waals surface area contributed by atoms with Crippen molar-refractivity contribution in [3.63, 3.8) is 0 Å². The lowest BCUT2D eigenvalue weighted by Crippen LogP contribution is -2.46. The van der Waals surface area contributed by atoms with Crippen molar-refractivity contribution >= 4 is 51.4 Å². The van der Waals surface area contributed by atoms with Crippen molar-refractivity contribution in [1.82, 2.24) is 60.1 Å². The molecular weight excluding hydrogens is 763 g/mol. The molecule has 0 spiro atoms. The molecule has 1 atom stereocenters. The van der Waals surface area contributed by atoms with Gasteiger partial charge in [0.05, 0.1) is 77.0 Å². The number of aromatic nitrogens is 10. The third kappa shape index (κ3) is 7.19. The maximum atomic E-state index is 14.2. The average Bonchev–Trinajstić information content (AvgIpc) is 4.03. The van der Waals surface area contributed by atoms with Crippen LogP contribution in [0.1, 0.15) is 44.0 Å². The number of hydrogen-bond acceptors (Lipinski definition) is 15. The highest BCUT2D eigenvalue weighted by atomic mass is 16.2. The van der Waals surface area contributed by atoms with E-state index >= 15 is 0 Å². The largest absolute Gasteiger partial charge is 0.367 e. The Morgan fingerprint density at radius 2 is 1.45 bits per heavy atom. The highest BCUT2D eigenvalue weighted by Gasteiger charge is 2.30. The van der Waals surface area contributed by atoms with E-state index in [1.165, 1.54) is 0 Å². The number of pyridine rings is 2. The number of aryl methyl sites for hydroxylation is 1. The Bertz CT molecular complexity index is 2730. The molecular formula is C41H41N17O2. The second-order valence-corrected chi connectivity index (χ2v) is 14.8. The minimum absolute atomic E-state index is 0.179. The number of rotatable bonds is 9. The van der Waals surface area contributed by atoms with Gasteiger partial charge in [0.15, 0.2) is 0 Å². The summed E-state index contributed by atoms with van der Waals surface area (Å²) in [6, 6.07) is 14.6. The van der Waals surface area contributed by atoms with Crippen LogP contribution in [-0.4, -0.2) is 107 Å². The minimum Gasteiger partial charge on any atom is -0.367 e. The lowest BCUT2D eigenvalue weighted by molar-refractivity contribution is 0.101. The Morgan fingerprint density at radius 1 is 0.717 bits per heavy atom. The van der Waals surface area contributed by atoms with E-state index in [-0.39, 0.29) is 29.3 Å². The highest BCUT2D eigenvalue weighted by Crippen LogP contribution is 2.32. The number of carbonyl (C=O) groups excluding carboxylic acids is 2. The molecule has 0 aliphatic carbocycles. The van der Waals surface area contributed by atoms with Crippen LogP contribution in [0.25, 0.3) is 16.9 Å². The monoisotopic (exact) mass is 803 g/mol. The first-order chi connectivity index (χ1) is 29.4. The molecule has 6 aromatic heterocycles. The number of para-hydroxylation sites is 1. The Morgan fingerprint density at radius 3 is 2.25 bits per heavy atom. The van der Waals surface area contributed by atoms with E-state index in [0.717, 1.165) is 59.7 Å². The molecule has 0 radical (unpaired) electrons. The van der Waals surface area contributed by atoms with Crippen molar-refractivity contribution in [2.45, 2.75) is 19.1 Å². The molecule has 9 heterocycles. The van der Waals surface area contributed by atoms with Crippen LogP contribution in [0.2, 0.25) is 0 Å². The van der Waals surface area contributed by atoms with Crippen molar-refractivity contribution in [3.05, 3.63) is 120 Å². The van der Waals surface area contributed by atoms with Crippen LogP contribution < -0.4 is 36.0 Å². The van der Waals surface area contributed by atoms with Crippen LogP contribution in [0, 0.1) is 0 Å². The molecule has 19 heteroatoms. The molecule has 0 saturated carbocycles. The maximum Gasteiger partial charge on any atom is 0.274 e. The number of nitrogens with zero attached hydrogens (tertiary/aromatic N) is 13. The number of benzene rings is 1. The summed E-state index contributed by atoms with van der Waals surface area (Å²) in [6.07, 6.45) is 11.9. The van der Waals surface area contributed by atoms with E-state index in [1.54, 1.807) is 54.0 Å². The van der Waals surface area contributed by atoms with Gasteiger partial charge in [-0.15, -0.1) is 0 Å². The van der Waals surface area contributed by atoms with Crippen LogP contribution in [-0.2, 0) is 20.1 Å². The van der Waals surface area contributed by atoms with Gasteiger partial charge in [-0.25, -0.2) is 19.9 Å². The Kier molecular flexibility index (Phi) is 9.70. The van der Waals surface area contributed by atoms with E-state index in [4.69, 9.17) is 9.97 Å². The topological polar surface area (TPSA) is 205 Å². The molecule has 1 unspecified atom stereocenters. The Labute approximate surface area is 343 Å². The lowest BCUT2D eigenvalue weighted by atomic mass is 10.1. The van der Waals surface area contributed by atoms with Crippen LogP contribution in [0.5, 0.6) is 0 Å². The van der Waals surface area contributed by atoms with Crippen molar-refractivity contribution < 1.29 is 9.59 Å². The zero-order chi connectivity index (χ0) is 40.6. The van der Waals surface area contributed by atoms with Crippen molar-refractivity contribution in [1.29, 1.82) is 0 Å². The Hall–Kier alpha value is -7.38. The third-order valence-corrected chi connectivity index (χ3v) is 11.1. The van der Waals surface area contributed by atoms with Gasteiger partial charge >= 0.3 is 0 Å². The number of amides is 2. The molecule has 0 bridgehead atoms. The van der Waals surface area contributed by atoms with Crippen LogP contribution in [0.15, 0.2) is 91.9 Å². The minimum atomic E-state index is -0.414. The van der Waals surface area contributed by atoms with Gasteiger partial charge in [-0.3, -0.25) is 24.2 Å². The van der Waals surface area contributed by atoms with Crippen molar-refractivity contribution in [2.24, 2.45) is 7.05 Å². The first-order valence-corrected chi connectivity index (χ1v) is 19.8. The van der Waals surface area contributed by atoms with Crippen molar-refractivity contribution in [2.75, 3.05) is 71.1 Å². The van der Waals surface area contributed by atoms with Crippen LogP contribution in [0.3, 0.4) is 0 Å². The van der Waals surface area contributed by atoms with E-state index in [9.17, 15) is 9.59 Å². The predicted octanol–water partition coefficient (Wildman–Crippen LogP) is 2.71.